The number of primary amides is 1. The fourth-order valence-corrected chi connectivity index (χ4v) is 2.27. The van der Waals surface area contributed by atoms with E-state index in [0.29, 0.717) is 12.1 Å². The minimum Gasteiger partial charge on any atom is -0.491 e. The summed E-state index contributed by atoms with van der Waals surface area (Å²) < 4.78 is 18.6. The Morgan fingerprint density at radius 3 is 2.62 bits per heavy atom. The van der Waals surface area contributed by atoms with E-state index >= 15 is 0 Å². The lowest BCUT2D eigenvalue weighted by Gasteiger charge is -2.08. The van der Waals surface area contributed by atoms with E-state index in [1.165, 1.54) is 24.3 Å². The molecule has 3 N–H and O–H groups in total. The van der Waals surface area contributed by atoms with Crippen LogP contribution in [0.2, 0.25) is 5.02 Å². The minimum atomic E-state index is -0.636. The van der Waals surface area contributed by atoms with Gasteiger partial charge in [-0.1, -0.05) is 23.7 Å². The summed E-state index contributed by atoms with van der Waals surface area (Å²) >= 11 is 5.91. The van der Waals surface area contributed by atoms with Crippen LogP contribution in [0.15, 0.2) is 42.5 Å². The SMILES string of the molecule is NC(=O)c1ccc(NC(=O)CCCOc2ccccc2F)cc1Cl. The van der Waals surface area contributed by atoms with Crippen LogP contribution in [0.1, 0.15) is 23.2 Å². The van der Waals surface area contributed by atoms with Gasteiger partial charge in [0.05, 0.1) is 17.2 Å². The molecule has 0 fully saturated rings. The van der Waals surface area contributed by atoms with Crippen molar-refractivity contribution < 1.29 is 18.7 Å². The van der Waals surface area contributed by atoms with Gasteiger partial charge >= 0.3 is 0 Å². The van der Waals surface area contributed by atoms with Gasteiger partial charge in [0, 0.05) is 12.1 Å². The largest absolute Gasteiger partial charge is 0.491 e. The lowest BCUT2D eigenvalue weighted by atomic mass is 10.2. The molecule has 0 atom stereocenters. The highest BCUT2D eigenvalue weighted by atomic mass is 35.5. The molecule has 0 unspecified atom stereocenters. The molecule has 0 bridgehead atoms. The van der Waals surface area contributed by atoms with E-state index in [2.05, 4.69) is 5.32 Å². The molecule has 0 saturated heterocycles. The number of rotatable bonds is 7. The third-order valence-electron chi connectivity index (χ3n) is 3.16. The van der Waals surface area contributed by atoms with Crippen molar-refractivity contribution in [2.75, 3.05) is 11.9 Å². The van der Waals surface area contributed by atoms with Crippen LogP contribution in [0.4, 0.5) is 10.1 Å². The Labute approximate surface area is 143 Å². The molecule has 0 saturated carbocycles. The molecule has 0 aliphatic heterocycles. The number of carbonyl (C=O) groups is 2. The van der Waals surface area contributed by atoms with Gasteiger partial charge in [0.25, 0.3) is 0 Å². The predicted molar refractivity (Wildman–Crippen MR) is 89.7 cm³/mol. The number of nitrogens with one attached hydrogen (secondary N) is 1. The zero-order valence-electron chi connectivity index (χ0n) is 12.7. The van der Waals surface area contributed by atoms with Gasteiger partial charge in [-0.2, -0.15) is 0 Å². The molecular formula is C17H16ClFN2O3. The summed E-state index contributed by atoms with van der Waals surface area (Å²) in [6, 6.07) is 10.5. The highest BCUT2D eigenvalue weighted by molar-refractivity contribution is 6.34. The first kappa shape index (κ1) is 17.7. The summed E-state index contributed by atoms with van der Waals surface area (Å²) in [6.45, 7) is 0.218. The number of ether oxygens (including phenoxy) is 1. The van der Waals surface area contributed by atoms with Gasteiger partial charge in [0.15, 0.2) is 11.6 Å². The van der Waals surface area contributed by atoms with Gasteiger partial charge in [-0.15, -0.1) is 0 Å². The van der Waals surface area contributed by atoms with Gasteiger partial charge in [-0.05, 0) is 36.8 Å². The molecule has 5 nitrogen and oxygen atoms in total. The summed E-state index contributed by atoms with van der Waals surface area (Å²) in [7, 11) is 0. The Morgan fingerprint density at radius 2 is 1.96 bits per heavy atom. The normalized spacial score (nSPS) is 10.2. The van der Waals surface area contributed by atoms with Crippen molar-refractivity contribution >= 4 is 29.1 Å². The molecular weight excluding hydrogens is 335 g/mol. The molecule has 2 aromatic carbocycles. The third-order valence-corrected chi connectivity index (χ3v) is 3.47. The Hall–Kier alpha value is -2.60. The number of carbonyl (C=O) groups excluding carboxylic acids is 2. The predicted octanol–water partition coefficient (Wildman–Crippen LogP) is 3.38. The van der Waals surface area contributed by atoms with Crippen LogP contribution in [-0.2, 0) is 4.79 Å². The molecule has 0 aliphatic rings. The average molecular weight is 351 g/mol. The van der Waals surface area contributed by atoms with Crippen molar-refractivity contribution in [3.8, 4) is 5.75 Å². The molecule has 7 heteroatoms. The van der Waals surface area contributed by atoms with Gasteiger partial charge in [0.1, 0.15) is 0 Å². The molecule has 0 aromatic heterocycles. The summed E-state index contributed by atoms with van der Waals surface area (Å²) in [5, 5.41) is 2.82. The number of hydrogen-bond acceptors (Lipinski definition) is 3. The molecule has 2 amide bonds. The second-order valence-electron chi connectivity index (χ2n) is 4.99. The summed E-state index contributed by atoms with van der Waals surface area (Å²) in [5.41, 5.74) is 5.81. The summed E-state index contributed by atoms with van der Waals surface area (Å²) in [6.07, 6.45) is 0.622. The van der Waals surface area contributed by atoms with Gasteiger partial charge < -0.3 is 15.8 Å². The van der Waals surface area contributed by atoms with E-state index in [0.717, 1.165) is 0 Å². The van der Waals surface area contributed by atoms with Crippen molar-refractivity contribution in [3.63, 3.8) is 0 Å². The molecule has 126 valence electrons. The average Bonchev–Trinajstić information content (AvgIpc) is 2.53. The number of halogens is 2. The number of anilines is 1. The van der Waals surface area contributed by atoms with Crippen LogP contribution in [0.3, 0.4) is 0 Å². The quantitative estimate of drug-likeness (QED) is 0.751. The summed E-state index contributed by atoms with van der Waals surface area (Å²) in [4.78, 5) is 22.9. The molecule has 24 heavy (non-hydrogen) atoms. The lowest BCUT2D eigenvalue weighted by Crippen LogP contribution is -2.14. The van der Waals surface area contributed by atoms with Crippen molar-refractivity contribution in [1.29, 1.82) is 0 Å². The molecule has 2 rings (SSSR count). The van der Waals surface area contributed by atoms with E-state index in [9.17, 15) is 14.0 Å². The van der Waals surface area contributed by atoms with Gasteiger partial charge in [-0.25, -0.2) is 4.39 Å². The Balaban J connectivity index is 1.78. The Morgan fingerprint density at radius 1 is 1.21 bits per heavy atom. The van der Waals surface area contributed by atoms with Crippen molar-refractivity contribution in [2.45, 2.75) is 12.8 Å². The lowest BCUT2D eigenvalue weighted by molar-refractivity contribution is -0.116. The Kier molecular flexibility index (Phi) is 6.14. The van der Waals surface area contributed by atoms with Crippen molar-refractivity contribution in [3.05, 3.63) is 58.9 Å². The fraction of sp³-hybridized carbons (Fsp3) is 0.176. The number of hydrogen-bond donors (Lipinski definition) is 2. The first-order chi connectivity index (χ1) is 11.5. The second kappa shape index (κ2) is 8.31. The summed E-state index contributed by atoms with van der Waals surface area (Å²) in [5.74, 6) is -1.16. The van der Waals surface area contributed by atoms with E-state index in [-0.39, 0.29) is 35.3 Å². The molecule has 0 radical (unpaired) electrons. The van der Waals surface area contributed by atoms with E-state index in [4.69, 9.17) is 22.1 Å². The first-order valence-electron chi connectivity index (χ1n) is 7.24. The number of benzene rings is 2. The maximum absolute atomic E-state index is 13.3. The van der Waals surface area contributed by atoms with Gasteiger partial charge in [0.2, 0.25) is 11.8 Å². The standard InChI is InChI=1S/C17H16ClFN2O3/c18-13-10-11(7-8-12(13)17(20)23)21-16(22)6-3-9-24-15-5-2-1-4-14(15)19/h1-2,4-5,7-8,10H,3,6,9H2,(H2,20,23)(H,21,22). The zero-order chi connectivity index (χ0) is 17.5. The fourth-order valence-electron chi connectivity index (χ4n) is 1.99. The number of amides is 2. The molecule has 2 aromatic rings. The maximum Gasteiger partial charge on any atom is 0.250 e. The highest BCUT2D eigenvalue weighted by Gasteiger charge is 2.09. The van der Waals surface area contributed by atoms with Crippen LogP contribution in [0, 0.1) is 5.82 Å². The van der Waals surface area contributed by atoms with Gasteiger partial charge in [-0.3, -0.25) is 9.59 Å². The number of nitrogens with two attached hydrogens (primary N) is 1. The van der Waals surface area contributed by atoms with Crippen LogP contribution < -0.4 is 15.8 Å². The third kappa shape index (κ3) is 4.96. The van der Waals surface area contributed by atoms with E-state index in [1.54, 1.807) is 18.2 Å². The van der Waals surface area contributed by atoms with Crippen LogP contribution in [-0.4, -0.2) is 18.4 Å². The molecule has 0 heterocycles. The second-order valence-corrected chi connectivity index (χ2v) is 5.40. The Bertz CT molecular complexity index is 752. The van der Waals surface area contributed by atoms with Crippen molar-refractivity contribution in [1.82, 2.24) is 0 Å². The van der Waals surface area contributed by atoms with Crippen LogP contribution in [0.25, 0.3) is 0 Å². The monoisotopic (exact) mass is 350 g/mol. The van der Waals surface area contributed by atoms with Crippen molar-refractivity contribution in [2.24, 2.45) is 5.73 Å². The van der Waals surface area contributed by atoms with Crippen LogP contribution >= 0.6 is 11.6 Å². The molecule has 0 aliphatic carbocycles. The molecule has 0 spiro atoms. The highest BCUT2D eigenvalue weighted by Crippen LogP contribution is 2.21. The van der Waals surface area contributed by atoms with Crippen LogP contribution in [0.5, 0.6) is 5.75 Å². The minimum absolute atomic E-state index is 0.159. The number of para-hydroxylation sites is 1. The van der Waals surface area contributed by atoms with E-state index in [1.807, 2.05) is 0 Å². The maximum atomic E-state index is 13.3. The van der Waals surface area contributed by atoms with E-state index < -0.39 is 11.7 Å². The first-order valence-corrected chi connectivity index (χ1v) is 7.61. The topological polar surface area (TPSA) is 81.4 Å². The smallest absolute Gasteiger partial charge is 0.250 e. The zero-order valence-corrected chi connectivity index (χ0v) is 13.5.